The Bertz CT molecular complexity index is 596. The van der Waals surface area contributed by atoms with Gasteiger partial charge in [0.1, 0.15) is 0 Å². The van der Waals surface area contributed by atoms with Crippen LogP contribution in [-0.2, 0) is 22.0 Å². The maximum Gasteiger partial charge on any atom is 0.316 e. The number of carbonyl (C=O) groups excluding carboxylic acids is 1. The van der Waals surface area contributed by atoms with Crippen molar-refractivity contribution in [2.75, 3.05) is 7.11 Å². The normalized spacial score (nSPS) is 17.1. The standard InChI is InChI=1S/C13H14N2O2/c1-15-8-14-10-7-9(3-4-11(10)15)13(5-6-13)12(16)17-2/h3-4,7-8H,5-6H2,1-2H3. The van der Waals surface area contributed by atoms with Crippen molar-refractivity contribution in [1.29, 1.82) is 0 Å². The molecule has 0 saturated heterocycles. The second-order valence-electron chi connectivity index (χ2n) is 4.63. The highest BCUT2D eigenvalue weighted by Gasteiger charge is 2.52. The lowest BCUT2D eigenvalue weighted by atomic mass is 9.96. The van der Waals surface area contributed by atoms with E-state index in [0.717, 1.165) is 29.4 Å². The second-order valence-corrected chi connectivity index (χ2v) is 4.63. The third-order valence-electron chi connectivity index (χ3n) is 3.60. The number of imidazole rings is 1. The third kappa shape index (κ3) is 1.37. The Balaban J connectivity index is 2.10. The van der Waals surface area contributed by atoms with Crippen LogP contribution in [0.25, 0.3) is 11.0 Å². The molecule has 1 aromatic carbocycles. The summed E-state index contributed by atoms with van der Waals surface area (Å²) in [5.74, 6) is -0.132. The number of rotatable bonds is 2. The molecule has 0 bridgehead atoms. The van der Waals surface area contributed by atoms with Crippen molar-refractivity contribution in [3.05, 3.63) is 30.1 Å². The summed E-state index contributed by atoms with van der Waals surface area (Å²) in [5.41, 5.74) is 2.63. The molecule has 1 aromatic heterocycles. The first-order chi connectivity index (χ1) is 8.17. The monoisotopic (exact) mass is 230 g/mol. The zero-order valence-corrected chi connectivity index (χ0v) is 9.93. The minimum absolute atomic E-state index is 0.132. The van der Waals surface area contributed by atoms with E-state index in [9.17, 15) is 4.79 Å². The van der Waals surface area contributed by atoms with Crippen LogP contribution in [0.4, 0.5) is 0 Å². The molecule has 0 unspecified atom stereocenters. The Hall–Kier alpha value is -1.84. The fraction of sp³-hybridized carbons (Fsp3) is 0.385. The van der Waals surface area contributed by atoms with Crippen molar-refractivity contribution in [3.63, 3.8) is 0 Å². The van der Waals surface area contributed by atoms with E-state index >= 15 is 0 Å². The van der Waals surface area contributed by atoms with E-state index in [4.69, 9.17) is 4.74 Å². The summed E-state index contributed by atoms with van der Waals surface area (Å²) in [5, 5.41) is 0. The van der Waals surface area contributed by atoms with E-state index in [1.54, 1.807) is 6.33 Å². The fourth-order valence-electron chi connectivity index (χ4n) is 2.36. The van der Waals surface area contributed by atoms with Gasteiger partial charge in [0.05, 0.1) is 29.9 Å². The fourth-order valence-corrected chi connectivity index (χ4v) is 2.36. The van der Waals surface area contributed by atoms with Gasteiger partial charge in [0, 0.05) is 7.05 Å². The Kier molecular flexibility index (Phi) is 2.02. The summed E-state index contributed by atoms with van der Waals surface area (Å²) in [6.45, 7) is 0. The van der Waals surface area contributed by atoms with Crippen LogP contribution < -0.4 is 0 Å². The molecule has 1 saturated carbocycles. The summed E-state index contributed by atoms with van der Waals surface area (Å²) in [6.07, 6.45) is 3.53. The Morgan fingerprint density at radius 1 is 1.47 bits per heavy atom. The highest BCUT2D eigenvalue weighted by molar-refractivity contribution is 5.88. The van der Waals surface area contributed by atoms with E-state index < -0.39 is 5.41 Å². The summed E-state index contributed by atoms with van der Waals surface area (Å²) < 4.78 is 6.85. The van der Waals surface area contributed by atoms with Gasteiger partial charge >= 0.3 is 5.97 Å². The Labute approximate surface area is 99.2 Å². The first-order valence-electron chi connectivity index (χ1n) is 5.67. The molecule has 1 heterocycles. The lowest BCUT2D eigenvalue weighted by Gasteiger charge is -2.12. The van der Waals surface area contributed by atoms with Gasteiger partial charge in [-0.05, 0) is 30.5 Å². The van der Waals surface area contributed by atoms with Crippen LogP contribution in [0.2, 0.25) is 0 Å². The maximum absolute atomic E-state index is 11.8. The van der Waals surface area contributed by atoms with Crippen LogP contribution >= 0.6 is 0 Å². The molecule has 1 aliphatic rings. The molecule has 1 fully saturated rings. The van der Waals surface area contributed by atoms with E-state index in [1.165, 1.54) is 7.11 Å². The zero-order valence-electron chi connectivity index (χ0n) is 9.93. The first kappa shape index (κ1) is 10.3. The van der Waals surface area contributed by atoms with E-state index in [1.807, 2.05) is 29.8 Å². The van der Waals surface area contributed by atoms with Gasteiger partial charge < -0.3 is 9.30 Å². The predicted octanol–water partition coefficient (Wildman–Crippen LogP) is 1.78. The quantitative estimate of drug-likeness (QED) is 0.739. The number of ether oxygens (including phenoxy) is 1. The molecule has 0 amide bonds. The van der Waals surface area contributed by atoms with Gasteiger partial charge in [0.2, 0.25) is 0 Å². The molecule has 0 N–H and O–H groups in total. The molecular weight excluding hydrogens is 216 g/mol. The van der Waals surface area contributed by atoms with Crippen molar-refractivity contribution >= 4 is 17.0 Å². The molecule has 0 aliphatic heterocycles. The molecule has 0 radical (unpaired) electrons. The predicted molar refractivity (Wildman–Crippen MR) is 63.6 cm³/mol. The Morgan fingerprint density at radius 3 is 2.88 bits per heavy atom. The van der Waals surface area contributed by atoms with Crippen molar-refractivity contribution in [3.8, 4) is 0 Å². The molecule has 0 spiro atoms. The van der Waals surface area contributed by atoms with Gasteiger partial charge in [-0.1, -0.05) is 6.07 Å². The van der Waals surface area contributed by atoms with Crippen LogP contribution in [-0.4, -0.2) is 22.6 Å². The molecule has 1 aliphatic carbocycles. The SMILES string of the molecule is COC(=O)C1(c2ccc3c(c2)ncn3C)CC1. The number of carbonyl (C=O) groups is 1. The van der Waals surface area contributed by atoms with Crippen LogP contribution in [0.1, 0.15) is 18.4 Å². The minimum atomic E-state index is -0.402. The van der Waals surface area contributed by atoms with E-state index in [0.29, 0.717) is 0 Å². The number of aryl methyl sites for hydroxylation is 1. The highest BCUT2D eigenvalue weighted by atomic mass is 16.5. The van der Waals surface area contributed by atoms with Crippen molar-refractivity contribution in [2.24, 2.45) is 7.05 Å². The number of nitrogens with zero attached hydrogens (tertiary/aromatic N) is 2. The Morgan fingerprint density at radius 2 is 2.24 bits per heavy atom. The van der Waals surface area contributed by atoms with Crippen molar-refractivity contribution < 1.29 is 9.53 Å². The molecule has 2 aromatic rings. The summed E-state index contributed by atoms with van der Waals surface area (Å²) in [4.78, 5) is 16.1. The van der Waals surface area contributed by atoms with Gasteiger partial charge in [0.15, 0.2) is 0 Å². The third-order valence-corrected chi connectivity index (χ3v) is 3.60. The molecule has 4 heteroatoms. The van der Waals surface area contributed by atoms with E-state index in [2.05, 4.69) is 4.98 Å². The number of aromatic nitrogens is 2. The van der Waals surface area contributed by atoms with Gasteiger partial charge in [-0.3, -0.25) is 4.79 Å². The topological polar surface area (TPSA) is 44.1 Å². The van der Waals surface area contributed by atoms with Crippen LogP contribution in [0.15, 0.2) is 24.5 Å². The molecule has 4 nitrogen and oxygen atoms in total. The lowest BCUT2D eigenvalue weighted by molar-refractivity contribution is -0.143. The highest BCUT2D eigenvalue weighted by Crippen LogP contribution is 2.49. The van der Waals surface area contributed by atoms with Crippen LogP contribution in [0.5, 0.6) is 0 Å². The largest absolute Gasteiger partial charge is 0.468 e. The number of fused-ring (bicyclic) bond motifs is 1. The van der Waals surface area contributed by atoms with Gasteiger partial charge in [-0.25, -0.2) is 4.98 Å². The number of benzene rings is 1. The first-order valence-corrected chi connectivity index (χ1v) is 5.67. The maximum atomic E-state index is 11.8. The van der Waals surface area contributed by atoms with Crippen LogP contribution in [0, 0.1) is 0 Å². The van der Waals surface area contributed by atoms with E-state index in [-0.39, 0.29) is 5.97 Å². The average molecular weight is 230 g/mol. The average Bonchev–Trinajstić information content (AvgIpc) is 3.09. The van der Waals surface area contributed by atoms with Crippen LogP contribution in [0.3, 0.4) is 0 Å². The van der Waals surface area contributed by atoms with Gasteiger partial charge in [-0.15, -0.1) is 0 Å². The lowest BCUT2D eigenvalue weighted by Crippen LogP contribution is -2.21. The molecule has 17 heavy (non-hydrogen) atoms. The molecular formula is C13H14N2O2. The molecule has 0 atom stereocenters. The molecule has 88 valence electrons. The summed E-state index contributed by atoms with van der Waals surface area (Å²) in [7, 11) is 3.41. The molecule has 3 rings (SSSR count). The van der Waals surface area contributed by atoms with Gasteiger partial charge in [-0.2, -0.15) is 0 Å². The summed E-state index contributed by atoms with van der Waals surface area (Å²) >= 11 is 0. The number of methoxy groups -OCH3 is 1. The van der Waals surface area contributed by atoms with Gasteiger partial charge in [0.25, 0.3) is 0 Å². The van der Waals surface area contributed by atoms with Crippen molar-refractivity contribution in [2.45, 2.75) is 18.3 Å². The number of hydrogen-bond donors (Lipinski definition) is 0. The minimum Gasteiger partial charge on any atom is -0.468 e. The van der Waals surface area contributed by atoms with Crippen molar-refractivity contribution in [1.82, 2.24) is 9.55 Å². The number of esters is 1. The second kappa shape index (κ2) is 3.32. The number of hydrogen-bond acceptors (Lipinski definition) is 3. The zero-order chi connectivity index (χ0) is 12.0. The smallest absolute Gasteiger partial charge is 0.316 e. The summed E-state index contributed by atoms with van der Waals surface area (Å²) in [6, 6.07) is 6.02.